The molecule has 3 N–H and O–H groups in total. The number of aromatic nitrogens is 1. The van der Waals surface area contributed by atoms with Crippen LogP contribution in [0.2, 0.25) is 0 Å². The van der Waals surface area contributed by atoms with Gasteiger partial charge in [0.2, 0.25) is 0 Å². The van der Waals surface area contributed by atoms with Crippen molar-refractivity contribution in [2.45, 2.75) is 11.4 Å². The van der Waals surface area contributed by atoms with Crippen LogP contribution in [0.25, 0.3) is 0 Å². The van der Waals surface area contributed by atoms with Gasteiger partial charge in [0.05, 0.1) is 12.2 Å². The number of hydrogen-bond acceptors (Lipinski definition) is 5. The van der Waals surface area contributed by atoms with Gasteiger partial charge in [0, 0.05) is 18.5 Å². The molecule has 0 saturated carbocycles. The van der Waals surface area contributed by atoms with Gasteiger partial charge in [-0.05, 0) is 28.1 Å². The summed E-state index contributed by atoms with van der Waals surface area (Å²) in [7, 11) is -3.71. The van der Waals surface area contributed by atoms with Gasteiger partial charge in [0.1, 0.15) is 10.7 Å². The van der Waals surface area contributed by atoms with Crippen LogP contribution in [0.15, 0.2) is 44.6 Å². The zero-order valence-electron chi connectivity index (χ0n) is 9.13. The lowest BCUT2D eigenvalue weighted by molar-refractivity contribution is 0.484. The van der Waals surface area contributed by atoms with Gasteiger partial charge in [0.15, 0.2) is 4.67 Å². The first kappa shape index (κ1) is 13.1. The van der Waals surface area contributed by atoms with E-state index in [4.69, 9.17) is 10.2 Å². The van der Waals surface area contributed by atoms with E-state index in [2.05, 4.69) is 25.6 Å². The summed E-state index contributed by atoms with van der Waals surface area (Å²) in [4.78, 5) is 3.82. The summed E-state index contributed by atoms with van der Waals surface area (Å²) in [6, 6.07) is 4.48. The average Bonchev–Trinajstić information content (AvgIpc) is 2.72. The number of nitrogens with two attached hydrogens (primary N) is 1. The van der Waals surface area contributed by atoms with E-state index in [0.717, 1.165) is 0 Å². The number of nitrogens with zero attached hydrogens (tertiary/aromatic N) is 1. The third kappa shape index (κ3) is 2.71. The Morgan fingerprint density at radius 2 is 2.06 bits per heavy atom. The highest BCUT2D eigenvalue weighted by Gasteiger charge is 2.22. The minimum Gasteiger partial charge on any atom is -0.452 e. The molecular formula is C10H10BrN3O3S. The van der Waals surface area contributed by atoms with E-state index in [1.807, 2.05) is 0 Å². The summed E-state index contributed by atoms with van der Waals surface area (Å²) in [5.74, 6) is 0.386. The minimum absolute atomic E-state index is 0.0137. The SMILES string of the molecule is NCc1cc(S(=O)(=O)Nc2ccncc2)c(Br)o1. The molecule has 2 aromatic rings. The van der Waals surface area contributed by atoms with Gasteiger partial charge in [-0.2, -0.15) is 0 Å². The number of hydrogen-bond donors (Lipinski definition) is 2. The lowest BCUT2D eigenvalue weighted by Crippen LogP contribution is -2.12. The summed E-state index contributed by atoms with van der Waals surface area (Å²) in [5, 5.41) is 0. The van der Waals surface area contributed by atoms with E-state index in [-0.39, 0.29) is 16.1 Å². The fourth-order valence-corrected chi connectivity index (χ4v) is 3.37. The predicted octanol–water partition coefficient (Wildman–Crippen LogP) is 1.70. The number of nitrogens with one attached hydrogen (secondary N) is 1. The molecule has 0 aliphatic heterocycles. The van der Waals surface area contributed by atoms with E-state index < -0.39 is 10.0 Å². The third-order valence-corrected chi connectivity index (χ3v) is 4.37. The highest BCUT2D eigenvalue weighted by atomic mass is 79.9. The molecule has 0 radical (unpaired) electrons. The highest BCUT2D eigenvalue weighted by molar-refractivity contribution is 9.10. The fraction of sp³-hybridized carbons (Fsp3) is 0.100. The van der Waals surface area contributed by atoms with Crippen LogP contribution in [-0.4, -0.2) is 13.4 Å². The van der Waals surface area contributed by atoms with Crippen molar-refractivity contribution in [1.29, 1.82) is 0 Å². The molecule has 0 saturated heterocycles. The minimum atomic E-state index is -3.71. The quantitative estimate of drug-likeness (QED) is 0.888. The normalized spacial score (nSPS) is 11.4. The maximum Gasteiger partial charge on any atom is 0.266 e. The Balaban J connectivity index is 2.34. The molecule has 96 valence electrons. The molecule has 0 fully saturated rings. The molecule has 0 aromatic carbocycles. The van der Waals surface area contributed by atoms with Crippen LogP contribution >= 0.6 is 15.9 Å². The predicted molar refractivity (Wildman–Crippen MR) is 69.3 cm³/mol. The second-order valence-electron chi connectivity index (χ2n) is 3.40. The van der Waals surface area contributed by atoms with Crippen LogP contribution in [0.5, 0.6) is 0 Å². The summed E-state index contributed by atoms with van der Waals surface area (Å²) in [6.07, 6.45) is 2.99. The van der Waals surface area contributed by atoms with E-state index >= 15 is 0 Å². The highest BCUT2D eigenvalue weighted by Crippen LogP contribution is 2.27. The van der Waals surface area contributed by atoms with Gasteiger partial charge in [-0.25, -0.2) is 8.42 Å². The Kier molecular flexibility index (Phi) is 3.69. The van der Waals surface area contributed by atoms with Crippen molar-refractivity contribution in [3.8, 4) is 0 Å². The van der Waals surface area contributed by atoms with Gasteiger partial charge in [0.25, 0.3) is 10.0 Å². The summed E-state index contributed by atoms with van der Waals surface area (Å²) < 4.78 is 31.9. The second kappa shape index (κ2) is 5.09. The number of rotatable bonds is 4. The summed E-state index contributed by atoms with van der Waals surface area (Å²) in [5.41, 5.74) is 5.81. The maximum atomic E-state index is 12.1. The Bertz CT molecular complexity index is 640. The molecule has 0 aliphatic carbocycles. The fourth-order valence-electron chi connectivity index (χ4n) is 1.31. The largest absolute Gasteiger partial charge is 0.452 e. The summed E-state index contributed by atoms with van der Waals surface area (Å²) >= 11 is 3.05. The van der Waals surface area contributed by atoms with Gasteiger partial charge >= 0.3 is 0 Å². The molecule has 8 heteroatoms. The monoisotopic (exact) mass is 331 g/mol. The number of furan rings is 1. The molecule has 0 amide bonds. The van der Waals surface area contributed by atoms with Gasteiger partial charge in [-0.1, -0.05) is 0 Å². The molecule has 6 nitrogen and oxygen atoms in total. The van der Waals surface area contributed by atoms with Crippen LogP contribution < -0.4 is 10.5 Å². The van der Waals surface area contributed by atoms with Crippen molar-refractivity contribution in [3.05, 3.63) is 41.0 Å². The maximum absolute atomic E-state index is 12.1. The van der Waals surface area contributed by atoms with Crippen LogP contribution in [0.3, 0.4) is 0 Å². The standard InChI is InChI=1S/C10H10BrN3O3S/c11-10-9(5-8(6-12)17-10)18(15,16)14-7-1-3-13-4-2-7/h1-5H,6,12H2,(H,13,14). The number of halogens is 1. The molecule has 0 aliphatic rings. The lowest BCUT2D eigenvalue weighted by Gasteiger charge is -2.05. The topological polar surface area (TPSA) is 98.2 Å². The number of sulfonamides is 1. The first-order valence-electron chi connectivity index (χ1n) is 4.94. The molecule has 0 spiro atoms. The van der Waals surface area contributed by atoms with Crippen LogP contribution in [0, 0.1) is 0 Å². The Labute approximate surface area is 112 Å². The van der Waals surface area contributed by atoms with Gasteiger partial charge in [-0.3, -0.25) is 9.71 Å². The molecule has 2 rings (SSSR count). The first-order chi connectivity index (χ1) is 8.53. The average molecular weight is 332 g/mol. The van der Waals surface area contributed by atoms with Crippen molar-refractivity contribution in [3.63, 3.8) is 0 Å². The molecule has 2 aromatic heterocycles. The number of pyridine rings is 1. The van der Waals surface area contributed by atoms with E-state index in [0.29, 0.717) is 11.4 Å². The lowest BCUT2D eigenvalue weighted by atomic mass is 10.4. The van der Waals surface area contributed by atoms with Crippen LogP contribution in [0.4, 0.5) is 5.69 Å². The van der Waals surface area contributed by atoms with Gasteiger partial charge in [-0.15, -0.1) is 0 Å². The second-order valence-corrected chi connectivity index (χ2v) is 5.77. The van der Waals surface area contributed by atoms with Crippen LogP contribution in [0.1, 0.15) is 5.76 Å². The molecule has 2 heterocycles. The molecule has 0 atom stereocenters. The smallest absolute Gasteiger partial charge is 0.266 e. The van der Waals surface area contributed by atoms with Crippen molar-refractivity contribution < 1.29 is 12.8 Å². The van der Waals surface area contributed by atoms with Crippen LogP contribution in [-0.2, 0) is 16.6 Å². The Morgan fingerprint density at radius 3 is 2.61 bits per heavy atom. The number of anilines is 1. The molecule has 0 bridgehead atoms. The Morgan fingerprint density at radius 1 is 1.39 bits per heavy atom. The summed E-state index contributed by atoms with van der Waals surface area (Å²) in [6.45, 7) is 0.128. The zero-order chi connectivity index (χ0) is 13.2. The zero-order valence-corrected chi connectivity index (χ0v) is 11.5. The van der Waals surface area contributed by atoms with Gasteiger partial charge < -0.3 is 10.2 Å². The van der Waals surface area contributed by atoms with Crippen molar-refractivity contribution in [1.82, 2.24) is 4.98 Å². The first-order valence-corrected chi connectivity index (χ1v) is 7.21. The molecule has 18 heavy (non-hydrogen) atoms. The van der Waals surface area contributed by atoms with E-state index in [9.17, 15) is 8.42 Å². The Hall–Kier alpha value is -1.38. The molecular weight excluding hydrogens is 322 g/mol. The van der Waals surface area contributed by atoms with E-state index in [1.54, 1.807) is 12.1 Å². The van der Waals surface area contributed by atoms with Crippen molar-refractivity contribution >= 4 is 31.6 Å². The molecule has 0 unspecified atom stereocenters. The third-order valence-electron chi connectivity index (χ3n) is 2.13. The van der Waals surface area contributed by atoms with Crippen molar-refractivity contribution in [2.75, 3.05) is 4.72 Å². The van der Waals surface area contributed by atoms with Crippen molar-refractivity contribution in [2.24, 2.45) is 5.73 Å². The van der Waals surface area contributed by atoms with E-state index in [1.165, 1.54) is 18.5 Å².